The zero-order chi connectivity index (χ0) is 16.0. The lowest BCUT2D eigenvalue weighted by Crippen LogP contribution is -2.68. The smallest absolute Gasteiger partial charge is 0.290 e. The molecule has 4 rings (SSSR count). The molecule has 3 fully saturated rings. The maximum atomic E-state index is 12.0. The Morgan fingerprint density at radius 1 is 1.43 bits per heavy atom. The van der Waals surface area contributed by atoms with Crippen LogP contribution in [0.1, 0.15) is 33.1 Å². The second-order valence-electron chi connectivity index (χ2n) is 7.74. The molecule has 2 aliphatic heterocycles. The molecule has 3 aliphatic rings. The number of rotatable bonds is 3. The van der Waals surface area contributed by atoms with Crippen LogP contribution in [0.5, 0.6) is 0 Å². The van der Waals surface area contributed by atoms with E-state index < -0.39 is 0 Å². The number of nitrogens with zero attached hydrogens (tertiary/aromatic N) is 2. The molecule has 1 aromatic heterocycles. The van der Waals surface area contributed by atoms with Crippen molar-refractivity contribution in [2.75, 3.05) is 24.6 Å². The number of nitrogens with one attached hydrogen (secondary N) is 2. The third-order valence-electron chi connectivity index (χ3n) is 5.93. The number of anilines is 1. The van der Waals surface area contributed by atoms with Gasteiger partial charge in [0.2, 0.25) is 0 Å². The Morgan fingerprint density at radius 2 is 2.30 bits per heavy atom. The molecule has 23 heavy (non-hydrogen) atoms. The Hall–Kier alpha value is -1.40. The van der Waals surface area contributed by atoms with E-state index in [0.717, 1.165) is 32.5 Å². The normalized spacial score (nSPS) is 35.7. The molecule has 0 unspecified atom stereocenters. The highest BCUT2D eigenvalue weighted by Crippen LogP contribution is 2.52. The number of aromatic amines is 1. The average molecular weight is 318 g/mol. The monoisotopic (exact) mass is 318 g/mol. The lowest BCUT2D eigenvalue weighted by atomic mass is 9.57. The van der Waals surface area contributed by atoms with Crippen molar-refractivity contribution < 1.29 is 4.74 Å². The fraction of sp³-hybridized carbons (Fsp3) is 0.765. The summed E-state index contributed by atoms with van der Waals surface area (Å²) < 4.78 is 5.89. The van der Waals surface area contributed by atoms with Crippen LogP contribution in [0, 0.1) is 11.3 Å². The van der Waals surface area contributed by atoms with Crippen molar-refractivity contribution in [3.63, 3.8) is 0 Å². The molecule has 0 spiro atoms. The fourth-order valence-corrected chi connectivity index (χ4v) is 4.79. The van der Waals surface area contributed by atoms with E-state index in [2.05, 4.69) is 34.0 Å². The van der Waals surface area contributed by atoms with E-state index in [4.69, 9.17) is 4.74 Å². The summed E-state index contributed by atoms with van der Waals surface area (Å²) in [6.45, 7) is 7.27. The first kappa shape index (κ1) is 15.1. The maximum absolute atomic E-state index is 12.0. The van der Waals surface area contributed by atoms with Crippen LogP contribution in [0.2, 0.25) is 0 Å². The summed E-state index contributed by atoms with van der Waals surface area (Å²) in [5.41, 5.74) is 0.104. The Kier molecular flexibility index (Phi) is 3.69. The van der Waals surface area contributed by atoms with Crippen molar-refractivity contribution in [2.45, 2.75) is 51.3 Å². The van der Waals surface area contributed by atoms with Crippen molar-refractivity contribution in [2.24, 2.45) is 11.3 Å². The van der Waals surface area contributed by atoms with Gasteiger partial charge >= 0.3 is 0 Å². The van der Waals surface area contributed by atoms with E-state index in [0.29, 0.717) is 29.9 Å². The summed E-state index contributed by atoms with van der Waals surface area (Å²) in [6.07, 6.45) is 7.07. The van der Waals surface area contributed by atoms with Gasteiger partial charge in [0.15, 0.2) is 5.82 Å². The lowest BCUT2D eigenvalue weighted by molar-refractivity contribution is -0.115. The highest BCUT2D eigenvalue weighted by molar-refractivity contribution is 5.36. The number of hydrogen-bond donors (Lipinski definition) is 2. The van der Waals surface area contributed by atoms with E-state index in [1.807, 2.05) is 0 Å². The van der Waals surface area contributed by atoms with Gasteiger partial charge < -0.3 is 19.9 Å². The minimum atomic E-state index is -0.0959. The van der Waals surface area contributed by atoms with Crippen molar-refractivity contribution in [1.29, 1.82) is 0 Å². The lowest BCUT2D eigenvalue weighted by Gasteiger charge is -2.56. The number of aromatic nitrogens is 2. The predicted molar refractivity (Wildman–Crippen MR) is 88.6 cm³/mol. The molecular formula is C17H26N4O2. The van der Waals surface area contributed by atoms with Crippen LogP contribution in [0.4, 0.5) is 5.82 Å². The molecule has 6 nitrogen and oxygen atoms in total. The molecule has 1 saturated carbocycles. The summed E-state index contributed by atoms with van der Waals surface area (Å²) in [7, 11) is 0. The third-order valence-corrected chi connectivity index (χ3v) is 5.93. The van der Waals surface area contributed by atoms with Gasteiger partial charge in [-0.15, -0.1) is 0 Å². The largest absolute Gasteiger partial charge is 0.377 e. The van der Waals surface area contributed by atoms with Gasteiger partial charge in [-0.1, -0.05) is 13.8 Å². The van der Waals surface area contributed by atoms with Gasteiger partial charge in [-0.3, -0.25) is 4.79 Å². The van der Waals surface area contributed by atoms with Gasteiger partial charge in [0, 0.05) is 55.5 Å². The molecule has 0 amide bonds. The molecule has 3 heterocycles. The van der Waals surface area contributed by atoms with Crippen LogP contribution < -0.4 is 15.8 Å². The van der Waals surface area contributed by atoms with Crippen LogP contribution in [0.15, 0.2) is 17.2 Å². The zero-order valence-electron chi connectivity index (χ0n) is 13.9. The Morgan fingerprint density at radius 3 is 3.13 bits per heavy atom. The number of H-pyrrole nitrogens is 1. The van der Waals surface area contributed by atoms with Gasteiger partial charge in [-0.2, -0.15) is 0 Å². The molecule has 1 aliphatic carbocycles. The second-order valence-corrected chi connectivity index (χ2v) is 7.74. The van der Waals surface area contributed by atoms with Crippen LogP contribution in [-0.2, 0) is 4.74 Å². The Bertz CT molecular complexity index is 629. The second kappa shape index (κ2) is 5.60. The molecule has 2 N–H and O–H groups in total. The highest BCUT2D eigenvalue weighted by Gasteiger charge is 2.59. The maximum Gasteiger partial charge on any atom is 0.290 e. The first-order valence-electron chi connectivity index (χ1n) is 8.73. The highest BCUT2D eigenvalue weighted by atomic mass is 16.5. The van der Waals surface area contributed by atoms with E-state index in [1.165, 1.54) is 6.42 Å². The van der Waals surface area contributed by atoms with E-state index in [1.54, 1.807) is 12.4 Å². The van der Waals surface area contributed by atoms with E-state index in [9.17, 15) is 4.79 Å². The molecule has 0 radical (unpaired) electrons. The van der Waals surface area contributed by atoms with Crippen LogP contribution >= 0.6 is 0 Å². The van der Waals surface area contributed by atoms with Crippen molar-refractivity contribution in [3.05, 3.63) is 22.7 Å². The molecule has 0 bridgehead atoms. The molecule has 2 saturated heterocycles. The number of fused-ring (bicyclic) bond motifs is 1. The fourth-order valence-electron chi connectivity index (χ4n) is 4.79. The van der Waals surface area contributed by atoms with E-state index >= 15 is 0 Å². The quantitative estimate of drug-likeness (QED) is 0.875. The zero-order valence-corrected chi connectivity index (χ0v) is 13.9. The van der Waals surface area contributed by atoms with Crippen LogP contribution in [0.25, 0.3) is 0 Å². The van der Waals surface area contributed by atoms with Gasteiger partial charge in [0.05, 0.1) is 6.10 Å². The molecule has 1 aromatic rings. The van der Waals surface area contributed by atoms with Crippen molar-refractivity contribution >= 4 is 5.82 Å². The first-order valence-corrected chi connectivity index (χ1v) is 8.73. The summed E-state index contributed by atoms with van der Waals surface area (Å²) >= 11 is 0. The summed E-state index contributed by atoms with van der Waals surface area (Å²) in [5, 5.41) is 3.87. The number of piperidine rings is 1. The summed E-state index contributed by atoms with van der Waals surface area (Å²) in [6, 6.07) is 0.929. The third kappa shape index (κ3) is 2.48. The number of ether oxygens (including phenoxy) is 1. The summed E-state index contributed by atoms with van der Waals surface area (Å²) in [5.74, 6) is 1.20. The van der Waals surface area contributed by atoms with Gasteiger partial charge in [-0.25, -0.2) is 4.98 Å². The SMILES string of the molecule is CC1(C)[C@H](N[C@@H]2CCCN(c3ncc[nH]c3=O)C2)[C@@H]2CCO[C@@H]21. The van der Waals surface area contributed by atoms with Crippen molar-refractivity contribution in [1.82, 2.24) is 15.3 Å². The number of hydrogen-bond acceptors (Lipinski definition) is 5. The van der Waals surface area contributed by atoms with Gasteiger partial charge in [-0.05, 0) is 19.3 Å². The minimum Gasteiger partial charge on any atom is -0.377 e. The molecule has 126 valence electrons. The predicted octanol–water partition coefficient (Wildman–Crippen LogP) is 1.14. The molecule has 0 aromatic carbocycles. The Balaban J connectivity index is 1.44. The molecule has 4 atom stereocenters. The topological polar surface area (TPSA) is 70.2 Å². The average Bonchev–Trinajstić information content (AvgIpc) is 3.00. The Labute approximate surface area is 136 Å². The van der Waals surface area contributed by atoms with E-state index in [-0.39, 0.29) is 11.0 Å². The van der Waals surface area contributed by atoms with Gasteiger partial charge in [0.25, 0.3) is 5.56 Å². The summed E-state index contributed by atoms with van der Waals surface area (Å²) in [4.78, 5) is 21.1. The van der Waals surface area contributed by atoms with Crippen LogP contribution in [0.3, 0.4) is 0 Å². The molecule has 6 heteroatoms. The van der Waals surface area contributed by atoms with Crippen LogP contribution in [-0.4, -0.2) is 47.9 Å². The van der Waals surface area contributed by atoms with Crippen molar-refractivity contribution in [3.8, 4) is 0 Å². The molecular weight excluding hydrogens is 292 g/mol. The minimum absolute atomic E-state index is 0.0959. The first-order chi connectivity index (χ1) is 11.1. The van der Waals surface area contributed by atoms with Gasteiger partial charge in [0.1, 0.15) is 0 Å². The standard InChI is InChI=1S/C17H26N4O2/c1-17(2)13(12-5-9-23-14(12)17)20-11-4-3-8-21(10-11)15-16(22)19-7-6-18-15/h6-7,11-14,20H,3-5,8-10H2,1-2H3,(H,19,22)/t11-,12+,13-,14+/m1/s1.